The Morgan fingerprint density at radius 2 is 1.66 bits per heavy atom. The maximum absolute atomic E-state index is 13.1. The van der Waals surface area contributed by atoms with Crippen molar-refractivity contribution in [3.05, 3.63) is 93.3 Å². The molecule has 0 saturated carbocycles. The Hall–Kier alpha value is -3.79. The number of anilines is 2. The summed E-state index contributed by atoms with van der Waals surface area (Å²) in [5, 5.41) is 15.7. The highest BCUT2D eigenvalue weighted by Crippen LogP contribution is 2.29. The van der Waals surface area contributed by atoms with Crippen molar-refractivity contribution >= 4 is 32.8 Å². The van der Waals surface area contributed by atoms with Crippen molar-refractivity contribution in [2.24, 2.45) is 5.10 Å². The normalized spacial score (nSPS) is 11.8. The van der Waals surface area contributed by atoms with Crippen LogP contribution in [0, 0.1) is 29.8 Å². The second-order valence-electron chi connectivity index (χ2n) is 7.18. The molecule has 0 atom stereocenters. The number of nitrogens with one attached hydrogen (secondary N) is 2. The van der Waals surface area contributed by atoms with E-state index in [4.69, 9.17) is 0 Å². The molecule has 0 spiro atoms. The number of hydrazone groups is 1. The van der Waals surface area contributed by atoms with Gasteiger partial charge in [-0.05, 0) is 62.2 Å². The van der Waals surface area contributed by atoms with Crippen molar-refractivity contribution in [3.8, 4) is 0 Å². The predicted octanol–water partition coefficient (Wildman–Crippen LogP) is 4.99. The van der Waals surface area contributed by atoms with Gasteiger partial charge in [-0.25, -0.2) is 12.8 Å². The fourth-order valence-corrected chi connectivity index (χ4v) is 4.11. The number of nitro groups is 1. The Bertz CT molecular complexity index is 1310. The highest BCUT2D eigenvalue weighted by molar-refractivity contribution is 7.92. The van der Waals surface area contributed by atoms with Gasteiger partial charge in [0.25, 0.3) is 15.7 Å². The Balaban J connectivity index is 1.89. The van der Waals surface area contributed by atoms with E-state index in [0.717, 1.165) is 17.2 Å². The number of aryl methyl sites for hydroxylation is 2. The molecule has 3 aromatic rings. The lowest BCUT2D eigenvalue weighted by molar-refractivity contribution is -0.384. The van der Waals surface area contributed by atoms with E-state index in [1.807, 2.05) is 13.0 Å². The first-order chi connectivity index (χ1) is 15.1. The molecule has 10 heteroatoms. The maximum atomic E-state index is 13.1. The van der Waals surface area contributed by atoms with Crippen LogP contribution in [0.2, 0.25) is 0 Å². The Morgan fingerprint density at radius 3 is 2.28 bits per heavy atom. The zero-order valence-corrected chi connectivity index (χ0v) is 18.4. The summed E-state index contributed by atoms with van der Waals surface area (Å²) in [5.41, 5.74) is 5.34. The van der Waals surface area contributed by atoms with Crippen LogP contribution in [-0.2, 0) is 10.0 Å². The first-order valence-corrected chi connectivity index (χ1v) is 11.0. The topological polar surface area (TPSA) is 114 Å². The van der Waals surface area contributed by atoms with Crippen LogP contribution in [0.25, 0.3) is 0 Å². The minimum absolute atomic E-state index is 0.0157. The van der Waals surface area contributed by atoms with Crippen LogP contribution in [0.4, 0.5) is 21.5 Å². The Labute approximate surface area is 185 Å². The first kappa shape index (κ1) is 22.9. The van der Waals surface area contributed by atoms with Crippen LogP contribution in [0.3, 0.4) is 0 Å². The number of nitrogens with zero attached hydrogens (tertiary/aromatic N) is 2. The lowest BCUT2D eigenvalue weighted by atomic mass is 10.1. The molecule has 8 nitrogen and oxygen atoms in total. The molecule has 0 heterocycles. The molecule has 3 aromatic carbocycles. The molecule has 32 heavy (non-hydrogen) atoms. The average molecular weight is 456 g/mol. The van der Waals surface area contributed by atoms with Crippen molar-refractivity contribution in [2.45, 2.75) is 25.7 Å². The monoisotopic (exact) mass is 456 g/mol. The zero-order chi connectivity index (χ0) is 23.5. The summed E-state index contributed by atoms with van der Waals surface area (Å²) in [6, 6.07) is 14.3. The van der Waals surface area contributed by atoms with Crippen molar-refractivity contribution in [2.75, 3.05) is 10.1 Å². The third kappa shape index (κ3) is 5.27. The SMILES string of the molecule is CC(=NNc1ccc(S(=O)(=O)Nc2ccc(C)cc2C)cc1[N+](=O)[O-])c1ccc(F)cc1. The quantitative estimate of drug-likeness (QED) is 0.295. The van der Waals surface area contributed by atoms with E-state index in [1.165, 1.54) is 36.4 Å². The largest absolute Gasteiger partial charge is 0.295 e. The fourth-order valence-electron chi connectivity index (χ4n) is 2.96. The van der Waals surface area contributed by atoms with E-state index in [-0.39, 0.29) is 10.6 Å². The van der Waals surface area contributed by atoms with Gasteiger partial charge in [-0.2, -0.15) is 5.10 Å². The number of benzene rings is 3. The van der Waals surface area contributed by atoms with Gasteiger partial charge in [0.15, 0.2) is 0 Å². The third-order valence-corrected chi connectivity index (χ3v) is 6.07. The van der Waals surface area contributed by atoms with Crippen LogP contribution in [0.15, 0.2) is 70.7 Å². The molecule has 0 bridgehead atoms. The zero-order valence-electron chi connectivity index (χ0n) is 17.6. The van der Waals surface area contributed by atoms with E-state index in [0.29, 0.717) is 17.0 Å². The molecular formula is C22H21FN4O4S. The molecule has 0 aliphatic rings. The van der Waals surface area contributed by atoms with Gasteiger partial charge < -0.3 is 0 Å². The molecule has 166 valence electrons. The van der Waals surface area contributed by atoms with Crippen LogP contribution in [0.5, 0.6) is 0 Å². The lowest BCUT2D eigenvalue weighted by Gasteiger charge is -2.12. The number of hydrogen-bond donors (Lipinski definition) is 2. The van der Waals surface area contributed by atoms with Crippen molar-refractivity contribution in [3.63, 3.8) is 0 Å². The van der Waals surface area contributed by atoms with E-state index >= 15 is 0 Å². The molecule has 0 aromatic heterocycles. The fraction of sp³-hybridized carbons (Fsp3) is 0.136. The number of nitro benzene ring substituents is 1. The summed E-state index contributed by atoms with van der Waals surface area (Å²) < 4.78 is 41.1. The molecule has 2 N–H and O–H groups in total. The summed E-state index contributed by atoms with van der Waals surface area (Å²) in [4.78, 5) is 10.6. The van der Waals surface area contributed by atoms with Gasteiger partial charge in [-0.15, -0.1) is 0 Å². The number of hydrogen-bond acceptors (Lipinski definition) is 6. The Kier molecular flexibility index (Phi) is 6.54. The lowest BCUT2D eigenvalue weighted by Crippen LogP contribution is -2.14. The van der Waals surface area contributed by atoms with Gasteiger partial charge in [0, 0.05) is 6.07 Å². The van der Waals surface area contributed by atoms with E-state index in [9.17, 15) is 22.9 Å². The second-order valence-corrected chi connectivity index (χ2v) is 8.86. The van der Waals surface area contributed by atoms with Crippen molar-refractivity contribution < 1.29 is 17.7 Å². The predicted molar refractivity (Wildman–Crippen MR) is 122 cm³/mol. The molecule has 0 fully saturated rings. The number of rotatable bonds is 7. The van der Waals surface area contributed by atoms with E-state index < -0.39 is 26.5 Å². The molecule has 3 rings (SSSR count). The van der Waals surface area contributed by atoms with Crippen LogP contribution >= 0.6 is 0 Å². The van der Waals surface area contributed by atoms with E-state index in [1.54, 1.807) is 26.0 Å². The van der Waals surface area contributed by atoms with Crippen LogP contribution < -0.4 is 10.1 Å². The smallest absolute Gasteiger partial charge is 0.279 e. The molecule has 0 aliphatic carbocycles. The highest BCUT2D eigenvalue weighted by atomic mass is 32.2. The molecule has 0 aliphatic heterocycles. The Morgan fingerprint density at radius 1 is 1.00 bits per heavy atom. The van der Waals surface area contributed by atoms with Gasteiger partial charge in [0.1, 0.15) is 11.5 Å². The van der Waals surface area contributed by atoms with Gasteiger partial charge in [-0.1, -0.05) is 29.8 Å². The summed E-state index contributed by atoms with van der Waals surface area (Å²) >= 11 is 0. The molecule has 0 amide bonds. The van der Waals surface area contributed by atoms with Gasteiger partial charge >= 0.3 is 0 Å². The van der Waals surface area contributed by atoms with Gasteiger partial charge in [0.2, 0.25) is 0 Å². The minimum Gasteiger partial charge on any atom is -0.279 e. The summed E-state index contributed by atoms with van der Waals surface area (Å²) in [5.74, 6) is -0.392. The molecular weight excluding hydrogens is 435 g/mol. The molecule has 0 unspecified atom stereocenters. The van der Waals surface area contributed by atoms with Crippen LogP contribution in [-0.4, -0.2) is 19.1 Å². The summed E-state index contributed by atoms with van der Waals surface area (Å²) in [6.45, 7) is 5.31. The average Bonchev–Trinajstić information content (AvgIpc) is 2.74. The third-order valence-electron chi connectivity index (χ3n) is 4.71. The minimum atomic E-state index is -4.05. The number of halogens is 1. The van der Waals surface area contributed by atoms with E-state index in [2.05, 4.69) is 15.2 Å². The standard InChI is InChI=1S/C22H21FN4O4S/c1-14-4-10-20(15(2)12-14)26-32(30,31)19-9-11-21(22(13-19)27(28)29)25-24-16(3)17-5-7-18(23)8-6-17/h4-13,25-26H,1-3H3. The second kappa shape index (κ2) is 9.15. The molecule has 0 saturated heterocycles. The summed E-state index contributed by atoms with van der Waals surface area (Å²) in [6.07, 6.45) is 0. The highest BCUT2D eigenvalue weighted by Gasteiger charge is 2.22. The van der Waals surface area contributed by atoms with Gasteiger partial charge in [-0.3, -0.25) is 20.3 Å². The number of sulfonamides is 1. The first-order valence-electron chi connectivity index (χ1n) is 9.51. The van der Waals surface area contributed by atoms with Crippen LogP contribution in [0.1, 0.15) is 23.6 Å². The maximum Gasteiger partial charge on any atom is 0.295 e. The van der Waals surface area contributed by atoms with Crippen molar-refractivity contribution in [1.29, 1.82) is 0 Å². The summed E-state index contributed by atoms with van der Waals surface area (Å²) in [7, 11) is -4.05. The van der Waals surface area contributed by atoms with Crippen molar-refractivity contribution in [1.82, 2.24) is 0 Å². The van der Waals surface area contributed by atoms with Gasteiger partial charge in [0.05, 0.1) is 21.2 Å². The molecule has 0 radical (unpaired) electrons.